The van der Waals surface area contributed by atoms with E-state index in [2.05, 4.69) is 10.6 Å². The van der Waals surface area contributed by atoms with Gasteiger partial charge in [-0.05, 0) is 65.1 Å². The molecule has 2 N–H and O–H groups in total. The van der Waals surface area contributed by atoms with Crippen molar-refractivity contribution in [2.24, 2.45) is 0 Å². The van der Waals surface area contributed by atoms with Crippen LogP contribution in [0.5, 0.6) is 17.2 Å². The van der Waals surface area contributed by atoms with Gasteiger partial charge in [-0.2, -0.15) is 0 Å². The fourth-order valence-corrected chi connectivity index (χ4v) is 2.79. The lowest BCUT2D eigenvalue weighted by Gasteiger charge is -2.15. The van der Waals surface area contributed by atoms with Crippen molar-refractivity contribution in [2.45, 2.75) is 0 Å². The average molecular weight is 490 g/mol. The number of nitrogens with one attached hydrogen (secondary N) is 2. The largest absolute Gasteiger partial charge is 0.493 e. The van der Waals surface area contributed by atoms with Gasteiger partial charge in [-0.1, -0.05) is 0 Å². The van der Waals surface area contributed by atoms with Crippen LogP contribution >= 0.6 is 34.8 Å². The van der Waals surface area contributed by atoms with Crippen molar-refractivity contribution >= 4 is 51.5 Å². The van der Waals surface area contributed by atoms with Crippen molar-refractivity contribution in [3.63, 3.8) is 0 Å². The van der Waals surface area contributed by atoms with Gasteiger partial charge in [0.25, 0.3) is 5.91 Å². The van der Waals surface area contributed by atoms with E-state index in [1.54, 1.807) is 6.07 Å². The molecule has 0 heterocycles. The highest BCUT2D eigenvalue weighted by Gasteiger charge is 2.18. The molecule has 6 nitrogen and oxygen atoms in total. The molecule has 0 aliphatic rings. The molecular weight excluding hydrogens is 474 g/mol. The summed E-state index contributed by atoms with van der Waals surface area (Å²) < 4.78 is 30.3. The molecule has 9 heteroatoms. The SMILES string of the molecule is COc1cc(C(=O)NC(=S)Nc2ccc(I)cc2F)cc(OC)c1OC. The molecule has 0 aromatic heterocycles. The van der Waals surface area contributed by atoms with E-state index in [1.807, 2.05) is 22.6 Å². The number of rotatable bonds is 5. The first-order chi connectivity index (χ1) is 12.4. The number of hydrogen-bond donors (Lipinski definition) is 2. The van der Waals surface area contributed by atoms with Crippen molar-refractivity contribution in [3.8, 4) is 17.2 Å². The number of thiocarbonyl (C=S) groups is 1. The summed E-state index contributed by atoms with van der Waals surface area (Å²) >= 11 is 7.08. The lowest BCUT2D eigenvalue weighted by molar-refractivity contribution is 0.0977. The summed E-state index contributed by atoms with van der Waals surface area (Å²) in [6.45, 7) is 0. The predicted molar refractivity (Wildman–Crippen MR) is 109 cm³/mol. The standard InChI is InChI=1S/C17H16FIN2O4S/c1-23-13-6-9(7-14(24-2)15(13)25-3)16(22)21-17(26)20-12-5-4-10(19)8-11(12)18/h4-8H,1-3H3,(H2,20,21,22,26). The van der Waals surface area contributed by atoms with Gasteiger partial charge in [0.1, 0.15) is 5.82 Å². The first-order valence-corrected chi connectivity index (χ1v) is 8.75. The minimum Gasteiger partial charge on any atom is -0.493 e. The Labute approximate surface area is 169 Å². The summed E-state index contributed by atoms with van der Waals surface area (Å²) in [5.41, 5.74) is 0.410. The third kappa shape index (κ3) is 4.73. The van der Waals surface area contributed by atoms with Crippen LogP contribution in [0.25, 0.3) is 0 Å². The van der Waals surface area contributed by atoms with Crippen molar-refractivity contribution in [3.05, 3.63) is 45.3 Å². The molecular formula is C17H16FIN2O4S. The number of amides is 1. The summed E-state index contributed by atoms with van der Waals surface area (Å²) in [5.74, 6) is 0.0567. The van der Waals surface area contributed by atoms with Gasteiger partial charge in [0.05, 0.1) is 27.0 Å². The van der Waals surface area contributed by atoms with Gasteiger partial charge in [0, 0.05) is 9.13 Å². The van der Waals surface area contributed by atoms with Crippen LogP contribution in [0.1, 0.15) is 10.4 Å². The van der Waals surface area contributed by atoms with E-state index in [4.69, 9.17) is 26.4 Å². The van der Waals surface area contributed by atoms with E-state index < -0.39 is 11.7 Å². The Morgan fingerprint density at radius 3 is 2.19 bits per heavy atom. The molecule has 0 bridgehead atoms. The molecule has 0 saturated heterocycles. The molecule has 0 radical (unpaired) electrons. The smallest absolute Gasteiger partial charge is 0.257 e. The first kappa shape index (κ1) is 20.2. The maximum Gasteiger partial charge on any atom is 0.257 e. The molecule has 0 unspecified atom stereocenters. The maximum atomic E-state index is 13.9. The quantitative estimate of drug-likeness (QED) is 0.494. The summed E-state index contributed by atoms with van der Waals surface area (Å²) in [4.78, 5) is 12.4. The van der Waals surface area contributed by atoms with Crippen LogP contribution in [0.3, 0.4) is 0 Å². The minimum absolute atomic E-state index is 0.0381. The molecule has 0 fully saturated rings. The van der Waals surface area contributed by atoms with E-state index >= 15 is 0 Å². The van der Waals surface area contributed by atoms with Crippen LogP contribution in [0.2, 0.25) is 0 Å². The van der Waals surface area contributed by atoms with Crippen molar-refractivity contribution in [1.82, 2.24) is 5.32 Å². The second kappa shape index (κ2) is 8.99. The van der Waals surface area contributed by atoms with Gasteiger partial charge in [-0.25, -0.2) is 4.39 Å². The van der Waals surface area contributed by atoms with Crippen LogP contribution in [0.15, 0.2) is 30.3 Å². The molecule has 2 aromatic rings. The first-order valence-electron chi connectivity index (χ1n) is 7.27. The fourth-order valence-electron chi connectivity index (χ4n) is 2.13. The summed E-state index contributed by atoms with van der Waals surface area (Å²) in [6, 6.07) is 7.59. The molecule has 1 amide bonds. The zero-order valence-corrected chi connectivity index (χ0v) is 17.2. The highest BCUT2D eigenvalue weighted by molar-refractivity contribution is 14.1. The number of hydrogen-bond acceptors (Lipinski definition) is 5. The van der Waals surface area contributed by atoms with Gasteiger partial charge in [-0.3, -0.25) is 10.1 Å². The monoisotopic (exact) mass is 490 g/mol. The summed E-state index contributed by atoms with van der Waals surface area (Å²) in [6.07, 6.45) is 0. The van der Waals surface area contributed by atoms with Crippen LogP contribution in [0.4, 0.5) is 10.1 Å². The van der Waals surface area contributed by atoms with Crippen LogP contribution in [-0.4, -0.2) is 32.3 Å². The van der Waals surface area contributed by atoms with Gasteiger partial charge >= 0.3 is 0 Å². The van der Waals surface area contributed by atoms with Crippen molar-refractivity contribution in [1.29, 1.82) is 0 Å². The zero-order chi connectivity index (χ0) is 19.3. The van der Waals surface area contributed by atoms with Gasteiger partial charge in [-0.15, -0.1) is 0 Å². The number of carbonyl (C=O) groups is 1. The number of halogens is 2. The summed E-state index contributed by atoms with van der Waals surface area (Å²) in [7, 11) is 4.37. The molecule has 0 aliphatic carbocycles. The number of carbonyl (C=O) groups excluding carboxylic acids is 1. The minimum atomic E-state index is -0.507. The third-order valence-electron chi connectivity index (χ3n) is 3.33. The Bertz CT molecular complexity index is 823. The fraction of sp³-hybridized carbons (Fsp3) is 0.176. The van der Waals surface area contributed by atoms with E-state index in [1.165, 1.54) is 45.6 Å². The zero-order valence-electron chi connectivity index (χ0n) is 14.2. The van der Waals surface area contributed by atoms with E-state index in [0.717, 1.165) is 3.57 Å². The lowest BCUT2D eigenvalue weighted by atomic mass is 10.1. The molecule has 0 spiro atoms. The van der Waals surface area contributed by atoms with Gasteiger partial charge in [0.15, 0.2) is 16.6 Å². The number of anilines is 1. The lowest BCUT2D eigenvalue weighted by Crippen LogP contribution is -2.34. The Morgan fingerprint density at radius 2 is 1.69 bits per heavy atom. The highest BCUT2D eigenvalue weighted by atomic mass is 127. The number of benzene rings is 2. The van der Waals surface area contributed by atoms with Gasteiger partial charge in [0.2, 0.25) is 5.75 Å². The van der Waals surface area contributed by atoms with Crippen LogP contribution in [-0.2, 0) is 0 Å². The second-order valence-corrected chi connectivity index (χ2v) is 6.60. The molecule has 2 rings (SSSR count). The van der Waals surface area contributed by atoms with E-state index in [9.17, 15) is 9.18 Å². The molecule has 26 heavy (non-hydrogen) atoms. The number of methoxy groups -OCH3 is 3. The van der Waals surface area contributed by atoms with Crippen molar-refractivity contribution < 1.29 is 23.4 Å². The summed E-state index contributed by atoms with van der Waals surface area (Å²) in [5, 5.41) is 5.10. The van der Waals surface area contributed by atoms with Crippen LogP contribution < -0.4 is 24.8 Å². The van der Waals surface area contributed by atoms with E-state index in [0.29, 0.717) is 17.2 Å². The average Bonchev–Trinajstić information content (AvgIpc) is 2.62. The topological polar surface area (TPSA) is 68.8 Å². The molecule has 2 aromatic carbocycles. The molecule has 138 valence electrons. The van der Waals surface area contributed by atoms with Gasteiger partial charge < -0.3 is 19.5 Å². The Hall–Kier alpha value is -2.14. The van der Waals surface area contributed by atoms with Crippen LogP contribution in [0, 0.1) is 9.39 Å². The third-order valence-corrected chi connectivity index (χ3v) is 4.21. The molecule has 0 aliphatic heterocycles. The van der Waals surface area contributed by atoms with Crippen molar-refractivity contribution in [2.75, 3.05) is 26.6 Å². The Balaban J connectivity index is 2.17. The molecule has 0 saturated carbocycles. The second-order valence-electron chi connectivity index (χ2n) is 4.95. The normalized spacial score (nSPS) is 10.0. The Morgan fingerprint density at radius 1 is 1.08 bits per heavy atom. The molecule has 0 atom stereocenters. The highest BCUT2D eigenvalue weighted by Crippen LogP contribution is 2.38. The number of ether oxygens (including phenoxy) is 3. The van der Waals surface area contributed by atoms with E-state index in [-0.39, 0.29) is 16.4 Å². The predicted octanol–water partition coefficient (Wildman–Crippen LogP) is 3.58. The maximum absolute atomic E-state index is 13.9. The Kier molecular flexibility index (Phi) is 6.98.